The smallest absolute Gasteiger partial charge is 0.368 e. The average molecular weight is 505 g/mol. The average Bonchev–Trinajstić information content (AvgIpc) is 2.60. The van der Waals surface area contributed by atoms with E-state index in [1.165, 1.54) is 28.1 Å². The first-order valence-corrected chi connectivity index (χ1v) is 11.8. The number of hydrogen-bond acceptors (Lipinski definition) is 1. The normalized spacial score (nSPS) is 12.6. The largest absolute Gasteiger partial charge is 0.415 e. The first-order chi connectivity index (χ1) is 13.0. The van der Waals surface area contributed by atoms with Crippen LogP contribution in [0.4, 0.5) is 5.69 Å². The number of allylic oxidation sites excluding steroid dienone is 1. The van der Waals surface area contributed by atoms with E-state index in [4.69, 9.17) is 0 Å². The SMILES string of the molecule is CC(C)c1cccc(C(C)C)c1N(B(Br)Br)/C(=C\c1ccccc1)C(C)(C)C. The van der Waals surface area contributed by atoms with Gasteiger partial charge in [0.15, 0.2) is 0 Å². The molecule has 0 saturated heterocycles. The summed E-state index contributed by atoms with van der Waals surface area (Å²) in [6, 6.07) is 17.3. The summed E-state index contributed by atoms with van der Waals surface area (Å²) in [5, 5.41) is 0. The minimum absolute atomic E-state index is 0.00779. The van der Waals surface area contributed by atoms with Crippen LogP contribution in [0.5, 0.6) is 0 Å². The Balaban J connectivity index is 2.81. The van der Waals surface area contributed by atoms with Crippen molar-refractivity contribution >= 4 is 47.8 Å². The van der Waals surface area contributed by atoms with Crippen LogP contribution in [-0.2, 0) is 0 Å². The summed E-state index contributed by atoms with van der Waals surface area (Å²) < 4.78 is -0.00779. The predicted molar refractivity (Wildman–Crippen MR) is 135 cm³/mol. The van der Waals surface area contributed by atoms with Crippen molar-refractivity contribution in [2.45, 2.75) is 60.3 Å². The summed E-state index contributed by atoms with van der Waals surface area (Å²) in [5.74, 6) is 0.876. The summed E-state index contributed by atoms with van der Waals surface area (Å²) in [5.41, 5.74) is 6.51. The van der Waals surface area contributed by atoms with Crippen LogP contribution in [0.2, 0.25) is 0 Å². The van der Waals surface area contributed by atoms with Crippen molar-refractivity contribution in [3.05, 3.63) is 70.9 Å². The zero-order valence-corrected chi connectivity index (χ0v) is 21.3. The minimum atomic E-state index is -0.0338. The van der Waals surface area contributed by atoms with E-state index in [2.05, 4.69) is 139 Å². The zero-order valence-electron chi connectivity index (χ0n) is 18.1. The third-order valence-electron chi connectivity index (χ3n) is 4.91. The lowest BCUT2D eigenvalue weighted by molar-refractivity contribution is 0.502. The van der Waals surface area contributed by atoms with Crippen LogP contribution in [0.1, 0.15) is 77.0 Å². The van der Waals surface area contributed by atoms with Crippen LogP contribution in [0.3, 0.4) is 0 Å². The quantitative estimate of drug-likeness (QED) is 0.356. The lowest BCUT2D eigenvalue weighted by Crippen LogP contribution is -2.37. The fraction of sp³-hybridized carbons (Fsp3) is 0.417. The molecule has 0 aliphatic carbocycles. The third kappa shape index (κ3) is 5.54. The number of nitrogens with zero attached hydrogens (tertiary/aromatic N) is 1. The molecule has 0 amide bonds. The molecule has 0 unspecified atom stereocenters. The van der Waals surface area contributed by atoms with Gasteiger partial charge in [-0.05, 0) is 34.6 Å². The molecule has 0 saturated carbocycles. The molecule has 1 nitrogen and oxygen atoms in total. The van der Waals surface area contributed by atoms with Crippen molar-refractivity contribution in [3.63, 3.8) is 0 Å². The molecule has 2 aromatic carbocycles. The second-order valence-electron chi connectivity index (χ2n) is 8.93. The van der Waals surface area contributed by atoms with Crippen LogP contribution < -0.4 is 4.81 Å². The van der Waals surface area contributed by atoms with E-state index in [1.54, 1.807) is 0 Å². The Morgan fingerprint density at radius 2 is 1.36 bits per heavy atom. The predicted octanol–water partition coefficient (Wildman–Crippen LogP) is 8.60. The molecule has 0 atom stereocenters. The van der Waals surface area contributed by atoms with Crippen LogP contribution >= 0.6 is 31.5 Å². The second kappa shape index (κ2) is 9.67. The number of hydrogen-bond donors (Lipinski definition) is 0. The van der Waals surface area contributed by atoms with Crippen LogP contribution in [0.15, 0.2) is 54.2 Å². The Morgan fingerprint density at radius 1 is 0.857 bits per heavy atom. The summed E-state index contributed by atoms with van der Waals surface area (Å²) in [6.07, 6.45) is 2.32. The molecule has 2 aromatic rings. The molecule has 0 bridgehead atoms. The molecule has 4 heteroatoms. The number of rotatable bonds is 6. The number of para-hydroxylation sites is 1. The highest BCUT2D eigenvalue weighted by molar-refractivity contribution is 9.49. The van der Waals surface area contributed by atoms with Crippen molar-refractivity contribution in [1.29, 1.82) is 0 Å². The molecule has 0 N–H and O–H groups in total. The highest BCUT2D eigenvalue weighted by atomic mass is 79.9. The van der Waals surface area contributed by atoms with E-state index in [-0.39, 0.29) is 9.91 Å². The van der Waals surface area contributed by atoms with Gasteiger partial charge in [0.2, 0.25) is 0 Å². The highest BCUT2D eigenvalue weighted by Crippen LogP contribution is 2.43. The Kier molecular flexibility index (Phi) is 8.04. The van der Waals surface area contributed by atoms with Gasteiger partial charge in [0, 0.05) is 16.8 Å². The number of benzene rings is 2. The van der Waals surface area contributed by atoms with Crippen LogP contribution in [0, 0.1) is 5.41 Å². The lowest BCUT2D eigenvalue weighted by Gasteiger charge is -2.39. The summed E-state index contributed by atoms with van der Waals surface area (Å²) in [4.78, 5) is 2.43. The maximum atomic E-state index is 3.85. The van der Waals surface area contributed by atoms with E-state index in [0.29, 0.717) is 11.8 Å². The van der Waals surface area contributed by atoms with E-state index >= 15 is 0 Å². The first kappa shape index (κ1) is 23.3. The Hall–Kier alpha value is -0.995. The van der Waals surface area contributed by atoms with Gasteiger partial charge in [0.25, 0.3) is 0 Å². The van der Waals surface area contributed by atoms with Crippen molar-refractivity contribution in [2.75, 3.05) is 4.81 Å². The lowest BCUT2D eigenvalue weighted by atomic mass is 9.84. The van der Waals surface area contributed by atoms with Crippen molar-refractivity contribution in [2.24, 2.45) is 5.41 Å². The Morgan fingerprint density at radius 3 is 1.75 bits per heavy atom. The Labute approximate surface area is 188 Å². The Bertz CT molecular complexity index is 779. The molecule has 28 heavy (non-hydrogen) atoms. The molecule has 0 radical (unpaired) electrons. The molecule has 0 fully saturated rings. The summed E-state index contributed by atoms with van der Waals surface area (Å²) in [6.45, 7) is 15.9. The van der Waals surface area contributed by atoms with Gasteiger partial charge in [-0.25, -0.2) is 0 Å². The van der Waals surface area contributed by atoms with Gasteiger partial charge in [0.1, 0.15) is 0 Å². The number of anilines is 1. The molecular weight excluding hydrogens is 473 g/mol. The van der Waals surface area contributed by atoms with Crippen LogP contribution in [-0.4, -0.2) is 4.50 Å². The van der Waals surface area contributed by atoms with Gasteiger partial charge in [-0.1, -0.05) is 97.0 Å². The fourth-order valence-electron chi connectivity index (χ4n) is 3.47. The second-order valence-corrected chi connectivity index (χ2v) is 11.9. The maximum absolute atomic E-state index is 3.85. The molecule has 0 spiro atoms. The summed E-state index contributed by atoms with van der Waals surface area (Å²) >= 11 is 7.70. The van der Waals surface area contributed by atoms with Gasteiger partial charge in [-0.3, -0.25) is 0 Å². The van der Waals surface area contributed by atoms with Crippen molar-refractivity contribution < 1.29 is 0 Å². The van der Waals surface area contributed by atoms with E-state index in [0.717, 1.165) is 0 Å². The van der Waals surface area contributed by atoms with Gasteiger partial charge in [-0.2, -0.15) is 0 Å². The van der Waals surface area contributed by atoms with E-state index < -0.39 is 0 Å². The summed E-state index contributed by atoms with van der Waals surface area (Å²) in [7, 11) is 0. The van der Waals surface area contributed by atoms with Crippen molar-refractivity contribution in [3.8, 4) is 0 Å². The maximum Gasteiger partial charge on any atom is 0.415 e. The van der Waals surface area contributed by atoms with Gasteiger partial charge >= 0.3 is 4.50 Å². The monoisotopic (exact) mass is 503 g/mol. The van der Waals surface area contributed by atoms with Gasteiger partial charge in [-0.15, -0.1) is 31.5 Å². The standard InChI is InChI=1S/C24H32BBr2N/c1-17(2)20-14-11-15-21(18(3)4)23(20)28(25(26)27)22(24(5,6)7)16-19-12-9-8-10-13-19/h8-18H,1-7H3/b22-16-. The fourth-order valence-corrected chi connectivity index (χ4v) is 4.32. The van der Waals surface area contributed by atoms with Gasteiger partial charge in [0.05, 0.1) is 0 Å². The topological polar surface area (TPSA) is 3.24 Å². The third-order valence-corrected chi connectivity index (χ3v) is 5.73. The highest BCUT2D eigenvalue weighted by Gasteiger charge is 2.33. The first-order valence-electron chi connectivity index (χ1n) is 10.0. The van der Waals surface area contributed by atoms with E-state index in [1.807, 2.05) is 0 Å². The molecule has 0 heterocycles. The van der Waals surface area contributed by atoms with E-state index in [9.17, 15) is 0 Å². The van der Waals surface area contributed by atoms with Crippen molar-refractivity contribution in [1.82, 2.24) is 0 Å². The molecule has 0 aliphatic rings. The minimum Gasteiger partial charge on any atom is -0.368 e. The van der Waals surface area contributed by atoms with Crippen LogP contribution in [0.25, 0.3) is 6.08 Å². The number of halogens is 2. The molecule has 0 aliphatic heterocycles. The molecule has 2 rings (SSSR count). The molecular formula is C24H32BBr2N. The molecule has 150 valence electrons. The zero-order chi connectivity index (χ0) is 21.1. The molecule has 0 aromatic heterocycles. The van der Waals surface area contributed by atoms with Gasteiger partial charge < -0.3 is 4.81 Å².